The number of carboxylic acids is 1. The summed E-state index contributed by atoms with van der Waals surface area (Å²) in [5.41, 5.74) is 2.98. The number of rotatable bonds is 7. The fraction of sp³-hybridized carbons (Fsp3) is 0.300. The van der Waals surface area contributed by atoms with Crippen LogP contribution in [-0.4, -0.2) is 23.5 Å². The van der Waals surface area contributed by atoms with Crippen LogP contribution in [0, 0.1) is 12.8 Å². The number of amides is 1. The van der Waals surface area contributed by atoms with Crippen molar-refractivity contribution in [3.63, 3.8) is 0 Å². The van der Waals surface area contributed by atoms with E-state index in [1.165, 1.54) is 0 Å². The molecule has 2 unspecified atom stereocenters. The second-order valence-electron chi connectivity index (χ2n) is 6.11. The summed E-state index contributed by atoms with van der Waals surface area (Å²) in [4.78, 5) is 23.8. The zero-order valence-electron chi connectivity index (χ0n) is 14.0. The maximum atomic E-state index is 12.3. The maximum Gasteiger partial charge on any atom is 0.308 e. The molecule has 126 valence electrons. The van der Waals surface area contributed by atoms with Gasteiger partial charge in [0.1, 0.15) is 0 Å². The largest absolute Gasteiger partial charge is 0.481 e. The van der Waals surface area contributed by atoms with Gasteiger partial charge in [-0.15, -0.1) is 0 Å². The molecule has 0 heterocycles. The normalized spacial score (nSPS) is 13.1. The molecule has 0 aliphatic carbocycles. The number of carboxylic acid groups (broad SMARTS) is 1. The Balaban J connectivity index is 1.96. The molecule has 0 spiro atoms. The number of carbonyl (C=O) groups excluding carboxylic acids is 1. The van der Waals surface area contributed by atoms with Crippen LogP contribution in [0.4, 0.5) is 0 Å². The van der Waals surface area contributed by atoms with Crippen LogP contribution < -0.4 is 5.32 Å². The minimum absolute atomic E-state index is 0.124. The standard InChI is InChI=1S/C20H23NO3/c1-14-7-6-8-16(11-14)12-18(20(23)24)13-21-19(22)15(2)17-9-4-3-5-10-17/h3-11,15,18H,12-13H2,1-2H3,(H,21,22)(H,23,24). The molecule has 2 atom stereocenters. The van der Waals surface area contributed by atoms with Crippen molar-refractivity contribution in [1.29, 1.82) is 0 Å². The average Bonchev–Trinajstić information content (AvgIpc) is 2.58. The van der Waals surface area contributed by atoms with E-state index in [1.807, 2.05) is 68.4 Å². The number of nitrogens with one attached hydrogen (secondary N) is 1. The third kappa shape index (κ3) is 4.95. The topological polar surface area (TPSA) is 66.4 Å². The highest BCUT2D eigenvalue weighted by molar-refractivity contribution is 5.83. The molecule has 0 saturated heterocycles. The van der Waals surface area contributed by atoms with E-state index in [0.717, 1.165) is 16.7 Å². The van der Waals surface area contributed by atoms with Crippen LogP contribution >= 0.6 is 0 Å². The van der Waals surface area contributed by atoms with Gasteiger partial charge in [-0.2, -0.15) is 0 Å². The van der Waals surface area contributed by atoms with Crippen molar-refractivity contribution < 1.29 is 14.7 Å². The van der Waals surface area contributed by atoms with E-state index in [2.05, 4.69) is 5.32 Å². The summed E-state index contributed by atoms with van der Waals surface area (Å²) in [5.74, 6) is -2.00. The van der Waals surface area contributed by atoms with Gasteiger partial charge in [0, 0.05) is 6.54 Å². The lowest BCUT2D eigenvalue weighted by atomic mass is 9.97. The predicted molar refractivity (Wildman–Crippen MR) is 93.9 cm³/mol. The van der Waals surface area contributed by atoms with Gasteiger partial charge in [-0.05, 0) is 31.4 Å². The Morgan fingerprint density at radius 2 is 1.79 bits per heavy atom. The molecule has 1 amide bonds. The second-order valence-corrected chi connectivity index (χ2v) is 6.11. The molecule has 0 aliphatic rings. The van der Waals surface area contributed by atoms with E-state index in [-0.39, 0.29) is 18.4 Å². The number of hydrogen-bond acceptors (Lipinski definition) is 2. The van der Waals surface area contributed by atoms with E-state index < -0.39 is 11.9 Å². The minimum atomic E-state index is -0.899. The Hall–Kier alpha value is -2.62. The van der Waals surface area contributed by atoms with Crippen LogP contribution in [-0.2, 0) is 16.0 Å². The van der Waals surface area contributed by atoms with Crippen LogP contribution in [0.2, 0.25) is 0 Å². The highest BCUT2D eigenvalue weighted by Gasteiger charge is 2.21. The quantitative estimate of drug-likeness (QED) is 0.822. The molecule has 2 rings (SSSR count). The van der Waals surface area contributed by atoms with Gasteiger partial charge in [0.15, 0.2) is 0 Å². The van der Waals surface area contributed by atoms with Crippen LogP contribution in [0.5, 0.6) is 0 Å². The molecular formula is C20H23NO3. The molecule has 4 heteroatoms. The molecule has 2 aromatic carbocycles. The number of aryl methyl sites for hydroxylation is 1. The number of benzene rings is 2. The molecule has 2 N–H and O–H groups in total. The van der Waals surface area contributed by atoms with Crippen LogP contribution in [0.1, 0.15) is 29.5 Å². The van der Waals surface area contributed by atoms with E-state index in [4.69, 9.17) is 0 Å². The first kappa shape index (κ1) is 17.7. The Bertz CT molecular complexity index is 697. The van der Waals surface area contributed by atoms with Crippen molar-refractivity contribution in [2.45, 2.75) is 26.2 Å². The monoisotopic (exact) mass is 325 g/mol. The van der Waals surface area contributed by atoms with Crippen LogP contribution in [0.15, 0.2) is 54.6 Å². The van der Waals surface area contributed by atoms with Crippen molar-refractivity contribution in [3.05, 3.63) is 71.3 Å². The molecule has 0 fully saturated rings. The zero-order chi connectivity index (χ0) is 17.5. The molecule has 24 heavy (non-hydrogen) atoms. The number of hydrogen-bond donors (Lipinski definition) is 2. The lowest BCUT2D eigenvalue weighted by Crippen LogP contribution is -2.36. The molecule has 2 aromatic rings. The molecule has 4 nitrogen and oxygen atoms in total. The van der Waals surface area contributed by atoms with Gasteiger partial charge < -0.3 is 10.4 Å². The SMILES string of the molecule is Cc1cccc(CC(CNC(=O)C(C)c2ccccc2)C(=O)O)c1. The first-order valence-electron chi connectivity index (χ1n) is 8.08. The van der Waals surface area contributed by atoms with Gasteiger partial charge in [-0.3, -0.25) is 9.59 Å². The fourth-order valence-electron chi connectivity index (χ4n) is 2.64. The summed E-state index contributed by atoms with van der Waals surface area (Å²) in [6.07, 6.45) is 0.400. The fourth-order valence-corrected chi connectivity index (χ4v) is 2.64. The Labute approximate surface area is 142 Å². The van der Waals surface area contributed by atoms with Crippen LogP contribution in [0.25, 0.3) is 0 Å². The van der Waals surface area contributed by atoms with Crippen molar-refractivity contribution in [2.75, 3.05) is 6.54 Å². The van der Waals surface area contributed by atoms with Gasteiger partial charge >= 0.3 is 5.97 Å². The lowest BCUT2D eigenvalue weighted by molar-refractivity contribution is -0.141. The third-order valence-electron chi connectivity index (χ3n) is 4.13. The van der Waals surface area contributed by atoms with Crippen molar-refractivity contribution in [3.8, 4) is 0 Å². The summed E-state index contributed by atoms with van der Waals surface area (Å²) in [5, 5.41) is 12.2. The van der Waals surface area contributed by atoms with E-state index >= 15 is 0 Å². The third-order valence-corrected chi connectivity index (χ3v) is 4.13. The summed E-state index contributed by atoms with van der Waals surface area (Å²) in [6.45, 7) is 3.92. The second kappa shape index (κ2) is 8.29. The Morgan fingerprint density at radius 3 is 2.42 bits per heavy atom. The van der Waals surface area contributed by atoms with E-state index in [0.29, 0.717) is 6.42 Å². The van der Waals surface area contributed by atoms with Gasteiger partial charge in [0.25, 0.3) is 0 Å². The zero-order valence-corrected chi connectivity index (χ0v) is 14.0. The van der Waals surface area contributed by atoms with Crippen molar-refractivity contribution in [1.82, 2.24) is 5.32 Å². The first-order chi connectivity index (χ1) is 11.5. The summed E-state index contributed by atoms with van der Waals surface area (Å²) in [6, 6.07) is 17.2. The van der Waals surface area contributed by atoms with E-state index in [9.17, 15) is 14.7 Å². The number of carbonyl (C=O) groups is 2. The molecule has 0 saturated carbocycles. The van der Waals surface area contributed by atoms with Gasteiger partial charge in [-0.1, -0.05) is 60.2 Å². The molecule has 0 aliphatic heterocycles. The first-order valence-corrected chi connectivity index (χ1v) is 8.08. The summed E-state index contributed by atoms with van der Waals surface area (Å²) in [7, 11) is 0. The highest BCUT2D eigenvalue weighted by atomic mass is 16.4. The van der Waals surface area contributed by atoms with Gasteiger partial charge in [-0.25, -0.2) is 0 Å². The lowest BCUT2D eigenvalue weighted by Gasteiger charge is -2.17. The van der Waals surface area contributed by atoms with Crippen LogP contribution in [0.3, 0.4) is 0 Å². The highest BCUT2D eigenvalue weighted by Crippen LogP contribution is 2.15. The molecule has 0 bridgehead atoms. The minimum Gasteiger partial charge on any atom is -0.481 e. The summed E-state index contributed by atoms with van der Waals surface area (Å²) >= 11 is 0. The average molecular weight is 325 g/mol. The molecular weight excluding hydrogens is 302 g/mol. The summed E-state index contributed by atoms with van der Waals surface area (Å²) < 4.78 is 0. The Morgan fingerprint density at radius 1 is 1.08 bits per heavy atom. The maximum absolute atomic E-state index is 12.3. The Kier molecular flexibility index (Phi) is 6.13. The molecule has 0 aromatic heterocycles. The van der Waals surface area contributed by atoms with Gasteiger partial charge in [0.2, 0.25) is 5.91 Å². The predicted octanol–water partition coefficient (Wildman–Crippen LogP) is 3.16. The number of aliphatic carboxylic acids is 1. The van der Waals surface area contributed by atoms with Gasteiger partial charge in [0.05, 0.1) is 11.8 Å². The smallest absolute Gasteiger partial charge is 0.308 e. The molecule has 0 radical (unpaired) electrons. The van der Waals surface area contributed by atoms with Crippen molar-refractivity contribution in [2.24, 2.45) is 5.92 Å². The van der Waals surface area contributed by atoms with E-state index in [1.54, 1.807) is 0 Å². The van der Waals surface area contributed by atoms with Crippen molar-refractivity contribution >= 4 is 11.9 Å².